The molecule has 2 aromatic heterocycles. The van der Waals surface area contributed by atoms with Crippen molar-refractivity contribution in [2.75, 3.05) is 0 Å². The zero-order chi connectivity index (χ0) is 11.7. The molecule has 0 bridgehead atoms. The summed E-state index contributed by atoms with van der Waals surface area (Å²) >= 11 is 1.62. The van der Waals surface area contributed by atoms with Crippen molar-refractivity contribution in [3.8, 4) is 17.3 Å². The molecule has 0 fully saturated rings. The fourth-order valence-corrected chi connectivity index (χ4v) is 2.31. The lowest BCUT2D eigenvalue weighted by atomic mass is 10.1. The van der Waals surface area contributed by atoms with Crippen molar-refractivity contribution < 1.29 is 0 Å². The number of thiazole rings is 1. The predicted octanol–water partition coefficient (Wildman–Crippen LogP) is 3.23. The van der Waals surface area contributed by atoms with Crippen LogP contribution in [0.25, 0.3) is 21.5 Å². The van der Waals surface area contributed by atoms with Crippen LogP contribution in [-0.2, 0) is 0 Å². The van der Waals surface area contributed by atoms with Gasteiger partial charge in [0.25, 0.3) is 0 Å². The minimum atomic E-state index is 0.573. The Kier molecular flexibility index (Phi) is 2.32. The van der Waals surface area contributed by atoms with Gasteiger partial charge >= 0.3 is 0 Å². The second-order valence-electron chi connectivity index (χ2n) is 3.58. The maximum atomic E-state index is 8.71. The van der Waals surface area contributed by atoms with E-state index in [2.05, 4.69) is 16.0 Å². The molecule has 0 saturated heterocycles. The van der Waals surface area contributed by atoms with Crippen molar-refractivity contribution in [2.45, 2.75) is 0 Å². The number of rotatable bonds is 1. The lowest BCUT2D eigenvalue weighted by molar-refractivity contribution is 1.30. The summed E-state index contributed by atoms with van der Waals surface area (Å²) in [5.74, 6) is 0. The average molecular weight is 237 g/mol. The predicted molar refractivity (Wildman–Crippen MR) is 67.6 cm³/mol. The van der Waals surface area contributed by atoms with Gasteiger partial charge in [0.15, 0.2) is 0 Å². The molecule has 2 heterocycles. The van der Waals surface area contributed by atoms with Gasteiger partial charge in [-0.25, -0.2) is 4.98 Å². The molecule has 17 heavy (non-hydrogen) atoms. The highest BCUT2D eigenvalue weighted by atomic mass is 32.1. The molecule has 0 amide bonds. The second kappa shape index (κ2) is 3.96. The van der Waals surface area contributed by atoms with Crippen molar-refractivity contribution >= 4 is 21.6 Å². The van der Waals surface area contributed by atoms with Gasteiger partial charge in [-0.2, -0.15) is 5.26 Å². The molecule has 1 aromatic carbocycles. The van der Waals surface area contributed by atoms with Crippen LogP contribution in [-0.4, -0.2) is 9.97 Å². The van der Waals surface area contributed by atoms with E-state index in [9.17, 15) is 0 Å². The van der Waals surface area contributed by atoms with Crippen LogP contribution in [0, 0.1) is 11.3 Å². The van der Waals surface area contributed by atoms with Crippen molar-refractivity contribution in [3.63, 3.8) is 0 Å². The third-order valence-electron chi connectivity index (χ3n) is 2.52. The molecule has 4 heteroatoms. The summed E-state index contributed by atoms with van der Waals surface area (Å²) in [6, 6.07) is 11.8. The van der Waals surface area contributed by atoms with Gasteiger partial charge in [0.2, 0.25) is 0 Å². The van der Waals surface area contributed by atoms with Gasteiger partial charge in [0.05, 0.1) is 27.0 Å². The zero-order valence-corrected chi connectivity index (χ0v) is 9.61. The van der Waals surface area contributed by atoms with Gasteiger partial charge in [-0.15, -0.1) is 11.3 Å². The van der Waals surface area contributed by atoms with Crippen molar-refractivity contribution in [2.24, 2.45) is 0 Å². The van der Waals surface area contributed by atoms with E-state index < -0.39 is 0 Å². The van der Waals surface area contributed by atoms with E-state index in [0.717, 1.165) is 16.8 Å². The molecule has 80 valence electrons. The molecule has 3 nitrogen and oxygen atoms in total. The van der Waals surface area contributed by atoms with Crippen LogP contribution in [0.1, 0.15) is 5.56 Å². The van der Waals surface area contributed by atoms with Crippen molar-refractivity contribution in [1.82, 2.24) is 9.97 Å². The fourth-order valence-electron chi connectivity index (χ4n) is 1.65. The number of pyridine rings is 1. The third kappa shape index (κ3) is 1.77. The molecule has 0 saturated carbocycles. The average Bonchev–Trinajstić information content (AvgIpc) is 2.86. The van der Waals surface area contributed by atoms with Crippen LogP contribution < -0.4 is 0 Å². The third-order valence-corrected chi connectivity index (χ3v) is 3.33. The summed E-state index contributed by atoms with van der Waals surface area (Å²) in [5, 5.41) is 8.71. The van der Waals surface area contributed by atoms with Crippen LogP contribution in [0.2, 0.25) is 0 Å². The lowest BCUT2D eigenvalue weighted by Crippen LogP contribution is -1.84. The van der Waals surface area contributed by atoms with Crippen LogP contribution in [0.4, 0.5) is 0 Å². The summed E-state index contributed by atoms with van der Waals surface area (Å²) in [7, 11) is 0. The Balaban J connectivity index is 2.10. The van der Waals surface area contributed by atoms with E-state index in [1.165, 1.54) is 4.70 Å². The molecule has 0 atom stereocenters. The van der Waals surface area contributed by atoms with E-state index >= 15 is 0 Å². The highest BCUT2D eigenvalue weighted by molar-refractivity contribution is 7.16. The molecular formula is C13H7N3S. The van der Waals surface area contributed by atoms with Gasteiger partial charge < -0.3 is 0 Å². The van der Waals surface area contributed by atoms with Gasteiger partial charge in [0, 0.05) is 11.8 Å². The molecule has 0 radical (unpaired) electrons. The molecule has 3 rings (SSSR count). The van der Waals surface area contributed by atoms with Crippen LogP contribution in [0.5, 0.6) is 0 Å². The van der Waals surface area contributed by atoms with Crippen molar-refractivity contribution in [3.05, 3.63) is 47.6 Å². The normalized spacial score (nSPS) is 10.3. The number of nitriles is 1. The Bertz CT molecular complexity index is 707. The number of fused-ring (bicyclic) bond motifs is 1. The highest BCUT2D eigenvalue weighted by Crippen LogP contribution is 2.24. The monoisotopic (exact) mass is 237 g/mol. The molecule has 0 aliphatic rings. The molecular weight excluding hydrogens is 230 g/mol. The van der Waals surface area contributed by atoms with E-state index in [1.807, 2.05) is 29.8 Å². The minimum absolute atomic E-state index is 0.573. The van der Waals surface area contributed by atoms with Crippen molar-refractivity contribution in [1.29, 1.82) is 5.26 Å². The number of hydrogen-bond donors (Lipinski definition) is 0. The summed E-state index contributed by atoms with van der Waals surface area (Å²) in [6.07, 6.45) is 1.58. The van der Waals surface area contributed by atoms with E-state index in [4.69, 9.17) is 5.26 Å². The second-order valence-corrected chi connectivity index (χ2v) is 4.47. The first kappa shape index (κ1) is 9.94. The van der Waals surface area contributed by atoms with Gasteiger partial charge in [-0.3, -0.25) is 4.98 Å². The quantitative estimate of drug-likeness (QED) is 0.652. The smallest absolute Gasteiger partial charge is 0.101 e. The van der Waals surface area contributed by atoms with E-state index in [0.29, 0.717) is 5.56 Å². The summed E-state index contributed by atoms with van der Waals surface area (Å²) in [5.41, 5.74) is 5.27. The van der Waals surface area contributed by atoms with E-state index in [1.54, 1.807) is 23.6 Å². The summed E-state index contributed by atoms with van der Waals surface area (Å²) in [6.45, 7) is 0. The molecule has 0 N–H and O–H groups in total. The Labute approximate surface area is 102 Å². The standard InChI is InChI=1S/C13H7N3S/c14-6-9-1-3-11(15-7-9)10-2-4-13-12(5-10)16-8-17-13/h1-5,7-8H. The summed E-state index contributed by atoms with van der Waals surface area (Å²) < 4.78 is 1.17. The Morgan fingerprint density at radius 2 is 2.06 bits per heavy atom. The van der Waals surface area contributed by atoms with Crippen LogP contribution in [0.15, 0.2) is 42.0 Å². The van der Waals surface area contributed by atoms with Crippen LogP contribution in [0.3, 0.4) is 0 Å². The molecule has 3 aromatic rings. The highest BCUT2D eigenvalue weighted by Gasteiger charge is 2.02. The van der Waals surface area contributed by atoms with E-state index in [-0.39, 0.29) is 0 Å². The van der Waals surface area contributed by atoms with Crippen LogP contribution >= 0.6 is 11.3 Å². The number of hydrogen-bond acceptors (Lipinski definition) is 4. The maximum absolute atomic E-state index is 8.71. The fraction of sp³-hybridized carbons (Fsp3) is 0. The Morgan fingerprint density at radius 3 is 2.82 bits per heavy atom. The number of nitrogens with zero attached hydrogens (tertiary/aromatic N) is 3. The topological polar surface area (TPSA) is 49.6 Å². The zero-order valence-electron chi connectivity index (χ0n) is 8.79. The Morgan fingerprint density at radius 1 is 1.12 bits per heavy atom. The summed E-state index contributed by atoms with van der Waals surface area (Å²) in [4.78, 5) is 8.54. The SMILES string of the molecule is N#Cc1ccc(-c2ccc3scnc3c2)nc1. The number of aromatic nitrogens is 2. The van der Waals surface area contributed by atoms with Gasteiger partial charge in [0.1, 0.15) is 6.07 Å². The molecule has 0 aliphatic carbocycles. The first-order valence-electron chi connectivity index (χ1n) is 5.06. The Hall–Kier alpha value is -2.25. The minimum Gasteiger partial charge on any atom is -0.255 e. The largest absolute Gasteiger partial charge is 0.255 e. The van der Waals surface area contributed by atoms with Gasteiger partial charge in [-0.1, -0.05) is 6.07 Å². The van der Waals surface area contributed by atoms with Gasteiger partial charge in [-0.05, 0) is 24.3 Å². The molecule has 0 aliphatic heterocycles. The maximum Gasteiger partial charge on any atom is 0.101 e. The molecule has 0 spiro atoms. The lowest BCUT2D eigenvalue weighted by Gasteiger charge is -2.00. The number of benzene rings is 1. The first-order valence-corrected chi connectivity index (χ1v) is 5.94. The molecule has 0 unspecified atom stereocenters. The first-order chi connectivity index (χ1) is 8.36.